The Balaban J connectivity index is 1.89. The largest absolute Gasteiger partial charge is 0.497 e. The van der Waals surface area contributed by atoms with Crippen LogP contribution in [0.4, 0.5) is 10.1 Å². The molecule has 0 aliphatic heterocycles. The first kappa shape index (κ1) is 20.0. The molecule has 0 spiro atoms. The van der Waals surface area contributed by atoms with E-state index >= 15 is 0 Å². The third-order valence-electron chi connectivity index (χ3n) is 4.65. The monoisotopic (exact) mass is 396 g/mol. The summed E-state index contributed by atoms with van der Waals surface area (Å²) in [6.07, 6.45) is -1.61. The lowest BCUT2D eigenvalue weighted by molar-refractivity contribution is -0.134. The fourth-order valence-electron chi connectivity index (χ4n) is 3.24. The summed E-state index contributed by atoms with van der Waals surface area (Å²) in [4.78, 5) is 27.2. The van der Waals surface area contributed by atoms with Crippen molar-refractivity contribution in [3.63, 3.8) is 0 Å². The minimum atomic E-state index is -1.48. The number of ether oxygens (including phenoxy) is 1. The molecule has 7 nitrogen and oxygen atoms in total. The van der Waals surface area contributed by atoms with Gasteiger partial charge in [0.15, 0.2) is 0 Å². The zero-order valence-corrected chi connectivity index (χ0v) is 15.3. The fraction of sp³-hybridized carbons (Fsp3) is 0.190. The molecule has 2 atom stereocenters. The van der Waals surface area contributed by atoms with E-state index in [0.29, 0.717) is 16.9 Å². The van der Waals surface area contributed by atoms with Crippen molar-refractivity contribution in [3.05, 3.63) is 70.8 Å². The molecule has 2 aromatic carbocycles. The molecule has 0 saturated heterocycles. The van der Waals surface area contributed by atoms with E-state index in [1.165, 1.54) is 19.2 Å². The molecule has 148 valence electrons. The number of carboxylic acid groups (broad SMARTS) is 1. The maximum Gasteiger partial charge on any atom is 0.335 e. The second kappa shape index (κ2) is 8.12. The molecule has 0 heterocycles. The number of aliphatic hydroxyl groups is 1. The third-order valence-corrected chi connectivity index (χ3v) is 4.65. The number of aliphatic hydroxyl groups excluding tert-OH is 1. The van der Waals surface area contributed by atoms with Crippen molar-refractivity contribution in [2.45, 2.75) is 18.6 Å². The highest BCUT2D eigenvalue weighted by atomic mass is 19.1. The van der Waals surface area contributed by atoms with Gasteiger partial charge in [-0.2, -0.15) is 0 Å². The van der Waals surface area contributed by atoms with Crippen molar-refractivity contribution in [1.82, 2.24) is 0 Å². The van der Waals surface area contributed by atoms with E-state index in [9.17, 15) is 24.2 Å². The molecule has 1 amide bonds. The van der Waals surface area contributed by atoms with Gasteiger partial charge >= 0.3 is 5.97 Å². The molecule has 1 aliphatic rings. The van der Waals surface area contributed by atoms with Crippen molar-refractivity contribution < 1.29 is 28.9 Å². The Kier molecular flexibility index (Phi) is 5.61. The summed E-state index contributed by atoms with van der Waals surface area (Å²) in [7, 11) is 1.52. The molecule has 2 unspecified atom stereocenters. The van der Waals surface area contributed by atoms with Crippen LogP contribution in [-0.2, 0) is 9.59 Å². The molecule has 0 bridgehead atoms. The average molecular weight is 396 g/mol. The van der Waals surface area contributed by atoms with Crippen LogP contribution in [0.15, 0.2) is 53.6 Å². The molecule has 0 fully saturated rings. The Morgan fingerprint density at radius 3 is 2.55 bits per heavy atom. The lowest BCUT2D eigenvalue weighted by Gasteiger charge is -2.11. The van der Waals surface area contributed by atoms with Gasteiger partial charge in [0.1, 0.15) is 17.1 Å². The van der Waals surface area contributed by atoms with E-state index < -0.39 is 35.4 Å². The molecule has 8 heteroatoms. The molecule has 0 saturated carbocycles. The van der Waals surface area contributed by atoms with Crippen LogP contribution in [0.3, 0.4) is 0 Å². The Morgan fingerprint density at radius 2 is 1.93 bits per heavy atom. The summed E-state index contributed by atoms with van der Waals surface area (Å²) in [5.74, 6) is -2.52. The van der Waals surface area contributed by atoms with E-state index in [1.807, 2.05) is 0 Å². The first-order chi connectivity index (χ1) is 13.8. The summed E-state index contributed by atoms with van der Waals surface area (Å²) in [6.45, 7) is 7.15. The Bertz CT molecular complexity index is 1060. The van der Waals surface area contributed by atoms with E-state index in [1.54, 1.807) is 30.3 Å². The number of methoxy groups -OCH3 is 1. The molecule has 3 N–H and O–H groups in total. The van der Waals surface area contributed by atoms with Gasteiger partial charge < -0.3 is 25.1 Å². The minimum absolute atomic E-state index is 0.163. The maximum absolute atomic E-state index is 14.6. The second-order valence-electron chi connectivity index (χ2n) is 6.41. The van der Waals surface area contributed by atoms with Crippen LogP contribution in [0.25, 0.3) is 16.0 Å². The molecule has 3 rings (SSSR count). The highest BCUT2D eigenvalue weighted by Gasteiger charge is 2.44. The van der Waals surface area contributed by atoms with Gasteiger partial charge in [-0.25, -0.2) is 15.8 Å². The van der Waals surface area contributed by atoms with Crippen molar-refractivity contribution in [1.29, 1.82) is 0 Å². The van der Waals surface area contributed by atoms with Crippen molar-refractivity contribution >= 4 is 17.6 Å². The highest BCUT2D eigenvalue weighted by Crippen LogP contribution is 2.32. The number of rotatable bonds is 5. The number of benzene rings is 2. The number of hydrogen-bond donors (Lipinski definition) is 3. The summed E-state index contributed by atoms with van der Waals surface area (Å²) < 4.78 is 19.7. The standard InChI is InChI=1S/C21H17FN2O5/c1-23-16-10-17(25)19(21(27)28)18(16)20(26)24-15-7-6-12(9-14(15)22)11-4-3-5-13(8-11)29-2/h3-9,16-17,25H,10H2,2H3,(H,24,26)(H,27,28). The number of anilines is 1. The summed E-state index contributed by atoms with van der Waals surface area (Å²) >= 11 is 0. The van der Waals surface area contributed by atoms with Gasteiger partial charge in [-0.1, -0.05) is 18.2 Å². The zero-order valence-electron chi connectivity index (χ0n) is 15.3. The van der Waals surface area contributed by atoms with Gasteiger partial charge in [-0.05, 0) is 35.4 Å². The van der Waals surface area contributed by atoms with Crippen LogP contribution in [-0.4, -0.2) is 41.3 Å². The molecule has 29 heavy (non-hydrogen) atoms. The van der Waals surface area contributed by atoms with E-state index in [4.69, 9.17) is 11.3 Å². The maximum atomic E-state index is 14.6. The van der Waals surface area contributed by atoms with Crippen molar-refractivity contribution in [3.8, 4) is 16.9 Å². The van der Waals surface area contributed by atoms with Crippen molar-refractivity contribution in [2.75, 3.05) is 12.4 Å². The highest BCUT2D eigenvalue weighted by molar-refractivity contribution is 6.11. The number of carbonyl (C=O) groups is 2. The smallest absolute Gasteiger partial charge is 0.335 e. The van der Waals surface area contributed by atoms with E-state index in [-0.39, 0.29) is 17.7 Å². The Labute approximate surface area is 165 Å². The van der Waals surface area contributed by atoms with Gasteiger partial charge in [0, 0.05) is 0 Å². The summed E-state index contributed by atoms with van der Waals surface area (Å²) in [5.41, 5.74) is 0.223. The number of nitrogens with one attached hydrogen (secondary N) is 1. The molecule has 0 aromatic heterocycles. The number of carbonyl (C=O) groups excluding carboxylic acids is 1. The molecule has 0 radical (unpaired) electrons. The average Bonchev–Trinajstić information content (AvgIpc) is 3.06. The van der Waals surface area contributed by atoms with Gasteiger partial charge in [0.05, 0.1) is 30.9 Å². The minimum Gasteiger partial charge on any atom is -0.497 e. The zero-order chi connectivity index (χ0) is 21.1. The Morgan fingerprint density at radius 1 is 1.21 bits per heavy atom. The van der Waals surface area contributed by atoms with Gasteiger partial charge in [0.2, 0.25) is 0 Å². The molecular weight excluding hydrogens is 379 g/mol. The fourth-order valence-corrected chi connectivity index (χ4v) is 3.24. The number of carboxylic acids is 1. The quantitative estimate of drug-likeness (QED) is 0.675. The predicted octanol–water partition coefficient (Wildman–Crippen LogP) is 2.87. The topological polar surface area (TPSA) is 100 Å². The predicted molar refractivity (Wildman–Crippen MR) is 103 cm³/mol. The van der Waals surface area contributed by atoms with Crippen LogP contribution in [0.2, 0.25) is 0 Å². The van der Waals surface area contributed by atoms with Gasteiger partial charge in [0.25, 0.3) is 11.9 Å². The molecule has 1 aliphatic carbocycles. The normalized spacial score (nSPS) is 18.3. The van der Waals surface area contributed by atoms with Crippen molar-refractivity contribution in [2.24, 2.45) is 0 Å². The first-order valence-corrected chi connectivity index (χ1v) is 8.63. The first-order valence-electron chi connectivity index (χ1n) is 8.63. The second-order valence-corrected chi connectivity index (χ2v) is 6.41. The number of aliphatic carboxylic acids is 1. The summed E-state index contributed by atoms with van der Waals surface area (Å²) in [6, 6.07) is 10.1. The van der Waals surface area contributed by atoms with Crippen LogP contribution in [0.1, 0.15) is 6.42 Å². The van der Waals surface area contributed by atoms with Crippen LogP contribution >= 0.6 is 0 Å². The molecule has 2 aromatic rings. The number of nitrogens with zero attached hydrogens (tertiary/aromatic N) is 1. The summed E-state index contributed by atoms with van der Waals surface area (Å²) in [5, 5.41) is 21.4. The molecular formula is C21H17FN2O5. The lowest BCUT2D eigenvalue weighted by Crippen LogP contribution is -2.22. The van der Waals surface area contributed by atoms with E-state index in [2.05, 4.69) is 10.2 Å². The Hall–Kier alpha value is -3.70. The van der Waals surface area contributed by atoms with Gasteiger partial charge in [-0.3, -0.25) is 4.79 Å². The van der Waals surface area contributed by atoms with Crippen LogP contribution in [0.5, 0.6) is 5.75 Å². The SMILES string of the molecule is [C-]#[N+]C1CC(O)C(C(=O)O)=C1C(=O)Nc1ccc(-c2cccc(OC)c2)cc1F. The number of halogens is 1. The number of hydrogen-bond acceptors (Lipinski definition) is 4. The number of amides is 1. The van der Waals surface area contributed by atoms with Crippen LogP contribution in [0, 0.1) is 12.4 Å². The van der Waals surface area contributed by atoms with E-state index in [0.717, 1.165) is 0 Å². The lowest BCUT2D eigenvalue weighted by atomic mass is 10.0. The van der Waals surface area contributed by atoms with Crippen LogP contribution < -0.4 is 10.1 Å². The van der Waals surface area contributed by atoms with Gasteiger partial charge in [-0.15, -0.1) is 0 Å². The third kappa shape index (κ3) is 3.95.